The number of hydrogen-bond donors (Lipinski definition) is 2. The monoisotopic (exact) mass is 305 g/mol. The predicted molar refractivity (Wildman–Crippen MR) is 81.5 cm³/mol. The minimum atomic E-state index is -0.315. The van der Waals surface area contributed by atoms with E-state index in [9.17, 15) is 9.18 Å². The first-order valence-corrected chi connectivity index (χ1v) is 7.31. The molecule has 2 N–H and O–H groups in total. The number of aliphatic hydroxyl groups excluding tert-OH is 1. The second-order valence-electron chi connectivity index (χ2n) is 5.13. The molecule has 1 aromatic carbocycles. The van der Waals surface area contributed by atoms with Crippen molar-refractivity contribution in [3.05, 3.63) is 47.5 Å². The number of amides is 1. The van der Waals surface area contributed by atoms with E-state index in [4.69, 9.17) is 5.11 Å². The number of hydrogen-bond acceptors (Lipinski definition) is 3. The lowest BCUT2D eigenvalue weighted by atomic mass is 10.1. The second-order valence-corrected chi connectivity index (χ2v) is 5.13. The average molecular weight is 305 g/mol. The van der Waals surface area contributed by atoms with Crippen LogP contribution < -0.4 is 5.32 Å². The Bertz CT molecular complexity index is 637. The number of aromatic nitrogens is 2. The number of carbonyl (C=O) groups excluding carboxylic acids is 1. The fourth-order valence-corrected chi connectivity index (χ4v) is 2.28. The van der Waals surface area contributed by atoms with Gasteiger partial charge in [0.25, 0.3) is 5.91 Å². The summed E-state index contributed by atoms with van der Waals surface area (Å²) in [4.78, 5) is 12.3. The van der Waals surface area contributed by atoms with Crippen molar-refractivity contribution < 1.29 is 14.3 Å². The second kappa shape index (κ2) is 7.17. The summed E-state index contributed by atoms with van der Waals surface area (Å²) in [5, 5.41) is 16.0. The van der Waals surface area contributed by atoms with Gasteiger partial charge in [-0.25, -0.2) is 9.07 Å². The van der Waals surface area contributed by atoms with Gasteiger partial charge in [0.15, 0.2) is 0 Å². The standard InChI is InChI=1S/C16H20FN3O2/c1-3-15-14(16(22)19-11(2)8-9-21)10-18-20(15)13-6-4-12(17)5-7-13/h4-7,10-11,21H,3,8-9H2,1-2H3,(H,19,22). The summed E-state index contributed by atoms with van der Waals surface area (Å²) in [6.07, 6.45) is 2.64. The van der Waals surface area contributed by atoms with Gasteiger partial charge in [-0.1, -0.05) is 6.92 Å². The highest BCUT2D eigenvalue weighted by Gasteiger charge is 2.18. The van der Waals surface area contributed by atoms with Crippen molar-refractivity contribution in [1.29, 1.82) is 0 Å². The van der Waals surface area contributed by atoms with Crippen molar-refractivity contribution in [1.82, 2.24) is 15.1 Å². The molecule has 1 amide bonds. The third-order valence-electron chi connectivity index (χ3n) is 3.46. The molecular formula is C16H20FN3O2. The van der Waals surface area contributed by atoms with E-state index in [0.717, 1.165) is 5.69 Å². The summed E-state index contributed by atoms with van der Waals surface area (Å²) < 4.78 is 14.7. The van der Waals surface area contributed by atoms with Crippen molar-refractivity contribution in [3.63, 3.8) is 0 Å². The molecule has 1 atom stereocenters. The molecule has 1 unspecified atom stereocenters. The van der Waals surface area contributed by atoms with Crippen LogP contribution in [-0.4, -0.2) is 33.4 Å². The van der Waals surface area contributed by atoms with Crippen LogP contribution in [0.1, 0.15) is 36.3 Å². The van der Waals surface area contributed by atoms with Gasteiger partial charge in [0, 0.05) is 12.6 Å². The molecule has 0 fully saturated rings. The minimum absolute atomic E-state index is 0.0247. The molecule has 6 heteroatoms. The highest BCUT2D eigenvalue weighted by atomic mass is 19.1. The van der Waals surface area contributed by atoms with Crippen LogP contribution >= 0.6 is 0 Å². The zero-order valence-electron chi connectivity index (χ0n) is 12.7. The number of halogens is 1. The summed E-state index contributed by atoms with van der Waals surface area (Å²) in [5.41, 5.74) is 1.97. The zero-order valence-corrected chi connectivity index (χ0v) is 12.7. The third kappa shape index (κ3) is 3.51. The van der Waals surface area contributed by atoms with Crippen molar-refractivity contribution in [2.75, 3.05) is 6.61 Å². The van der Waals surface area contributed by atoms with Crippen molar-refractivity contribution >= 4 is 5.91 Å². The van der Waals surface area contributed by atoms with Crippen LogP contribution in [0.3, 0.4) is 0 Å². The van der Waals surface area contributed by atoms with Gasteiger partial charge in [0.05, 0.1) is 23.1 Å². The van der Waals surface area contributed by atoms with Gasteiger partial charge >= 0.3 is 0 Å². The lowest BCUT2D eigenvalue weighted by Gasteiger charge is -2.13. The summed E-state index contributed by atoms with van der Waals surface area (Å²) in [7, 11) is 0. The maximum Gasteiger partial charge on any atom is 0.254 e. The van der Waals surface area contributed by atoms with Gasteiger partial charge in [0.1, 0.15) is 5.82 Å². The number of benzene rings is 1. The number of rotatable bonds is 6. The summed E-state index contributed by atoms with van der Waals surface area (Å²) in [6, 6.07) is 5.85. The normalized spacial score (nSPS) is 12.2. The van der Waals surface area contributed by atoms with Gasteiger partial charge < -0.3 is 10.4 Å². The first kappa shape index (κ1) is 16.2. The van der Waals surface area contributed by atoms with Crippen LogP contribution in [0.4, 0.5) is 4.39 Å². The molecule has 0 aliphatic heterocycles. The first-order valence-electron chi connectivity index (χ1n) is 7.31. The van der Waals surface area contributed by atoms with Crippen LogP contribution in [0, 0.1) is 5.82 Å². The molecule has 0 saturated heterocycles. The van der Waals surface area contributed by atoms with Crippen LogP contribution in [0.2, 0.25) is 0 Å². The van der Waals surface area contributed by atoms with Crippen LogP contribution in [0.5, 0.6) is 0 Å². The minimum Gasteiger partial charge on any atom is -0.396 e. The fourth-order valence-electron chi connectivity index (χ4n) is 2.28. The van der Waals surface area contributed by atoms with Crippen LogP contribution in [0.25, 0.3) is 5.69 Å². The number of nitrogens with zero attached hydrogens (tertiary/aromatic N) is 2. The van der Waals surface area contributed by atoms with Gasteiger partial charge in [-0.15, -0.1) is 0 Å². The Balaban J connectivity index is 2.27. The van der Waals surface area contributed by atoms with E-state index in [-0.39, 0.29) is 24.4 Å². The van der Waals surface area contributed by atoms with E-state index < -0.39 is 0 Å². The number of nitrogens with one attached hydrogen (secondary N) is 1. The molecule has 5 nitrogen and oxygen atoms in total. The molecule has 2 aromatic rings. The Labute approximate surface area is 128 Å². The first-order chi connectivity index (χ1) is 10.6. The number of carbonyl (C=O) groups is 1. The molecule has 0 aliphatic rings. The highest BCUT2D eigenvalue weighted by Crippen LogP contribution is 2.16. The molecule has 118 valence electrons. The Morgan fingerprint density at radius 3 is 2.68 bits per heavy atom. The summed E-state index contributed by atoms with van der Waals surface area (Å²) in [5.74, 6) is -0.532. The molecule has 0 radical (unpaired) electrons. The molecule has 0 aliphatic carbocycles. The van der Waals surface area contributed by atoms with Crippen molar-refractivity contribution in [3.8, 4) is 5.69 Å². The van der Waals surface area contributed by atoms with E-state index >= 15 is 0 Å². The highest BCUT2D eigenvalue weighted by molar-refractivity contribution is 5.95. The maximum atomic E-state index is 13.0. The van der Waals surface area contributed by atoms with E-state index in [1.807, 2.05) is 13.8 Å². The molecule has 22 heavy (non-hydrogen) atoms. The third-order valence-corrected chi connectivity index (χ3v) is 3.46. The van der Waals surface area contributed by atoms with Crippen LogP contribution in [0.15, 0.2) is 30.5 Å². The lowest BCUT2D eigenvalue weighted by molar-refractivity contribution is 0.0933. The Hall–Kier alpha value is -2.21. The van der Waals surface area contributed by atoms with Crippen molar-refractivity contribution in [2.24, 2.45) is 0 Å². The van der Waals surface area contributed by atoms with Gasteiger partial charge in [-0.05, 0) is 44.0 Å². The Kier molecular flexibility index (Phi) is 5.27. The van der Waals surface area contributed by atoms with Gasteiger partial charge in [-0.3, -0.25) is 4.79 Å². The molecule has 0 saturated carbocycles. The largest absolute Gasteiger partial charge is 0.396 e. The topological polar surface area (TPSA) is 67.2 Å². The Morgan fingerprint density at radius 1 is 1.41 bits per heavy atom. The fraction of sp³-hybridized carbons (Fsp3) is 0.375. The quantitative estimate of drug-likeness (QED) is 0.858. The maximum absolute atomic E-state index is 13.0. The van der Waals surface area contributed by atoms with E-state index in [2.05, 4.69) is 10.4 Å². The van der Waals surface area contributed by atoms with Crippen LogP contribution in [-0.2, 0) is 6.42 Å². The average Bonchev–Trinajstić information content (AvgIpc) is 2.92. The predicted octanol–water partition coefficient (Wildman–Crippen LogP) is 2.07. The Morgan fingerprint density at radius 2 is 2.09 bits per heavy atom. The summed E-state index contributed by atoms with van der Waals surface area (Å²) in [6.45, 7) is 3.80. The van der Waals surface area contributed by atoms with E-state index in [1.165, 1.54) is 18.3 Å². The lowest BCUT2D eigenvalue weighted by Crippen LogP contribution is -2.33. The van der Waals surface area contributed by atoms with Gasteiger partial charge in [0.2, 0.25) is 0 Å². The van der Waals surface area contributed by atoms with E-state index in [1.54, 1.807) is 16.8 Å². The smallest absolute Gasteiger partial charge is 0.254 e. The molecule has 1 aromatic heterocycles. The molecule has 0 bridgehead atoms. The molecular weight excluding hydrogens is 285 g/mol. The zero-order chi connectivity index (χ0) is 16.1. The molecule has 0 spiro atoms. The molecule has 2 rings (SSSR count). The van der Waals surface area contributed by atoms with E-state index in [0.29, 0.717) is 24.1 Å². The van der Waals surface area contributed by atoms with Crippen molar-refractivity contribution in [2.45, 2.75) is 32.7 Å². The molecule has 1 heterocycles. The van der Waals surface area contributed by atoms with Gasteiger partial charge in [-0.2, -0.15) is 5.10 Å². The SMILES string of the molecule is CCc1c(C(=O)NC(C)CCO)cnn1-c1ccc(F)cc1. The summed E-state index contributed by atoms with van der Waals surface area (Å²) >= 11 is 0. The number of aliphatic hydroxyl groups is 1.